The van der Waals surface area contributed by atoms with Crippen molar-refractivity contribution in [2.75, 3.05) is 40.4 Å². The van der Waals surface area contributed by atoms with E-state index >= 15 is 0 Å². The van der Waals surface area contributed by atoms with Crippen molar-refractivity contribution in [1.82, 2.24) is 10.2 Å². The molecule has 0 amide bonds. The van der Waals surface area contributed by atoms with Crippen LogP contribution < -0.4 is 10.1 Å². The predicted molar refractivity (Wildman–Crippen MR) is 76.6 cm³/mol. The molecule has 0 bridgehead atoms. The normalized spacial score (nSPS) is 22.2. The quantitative estimate of drug-likeness (QED) is 0.877. The van der Waals surface area contributed by atoms with E-state index in [2.05, 4.69) is 36.3 Å². The molecule has 2 atom stereocenters. The highest BCUT2D eigenvalue weighted by atomic mass is 16.5. The minimum Gasteiger partial charge on any atom is -0.497 e. The predicted octanol–water partition coefficient (Wildman–Crippen LogP) is 1.68. The molecule has 4 nitrogen and oxygen atoms in total. The molecule has 4 heteroatoms. The lowest BCUT2D eigenvalue weighted by Gasteiger charge is -2.31. The summed E-state index contributed by atoms with van der Waals surface area (Å²) < 4.78 is 10.9. The summed E-state index contributed by atoms with van der Waals surface area (Å²) in [5.41, 5.74) is 1.27. The SMILES string of the molecule is COc1ccc([C@@H](C)NCC2CN(C)CCO2)cc1. The molecule has 19 heavy (non-hydrogen) atoms. The maximum atomic E-state index is 5.75. The Hall–Kier alpha value is -1.10. The van der Waals surface area contributed by atoms with Gasteiger partial charge in [-0.2, -0.15) is 0 Å². The second-order valence-corrected chi connectivity index (χ2v) is 5.16. The largest absolute Gasteiger partial charge is 0.497 e. The van der Waals surface area contributed by atoms with Crippen LogP contribution in [0.3, 0.4) is 0 Å². The van der Waals surface area contributed by atoms with Crippen LogP contribution in [0, 0.1) is 0 Å². The number of morpholine rings is 1. The Morgan fingerprint density at radius 2 is 2.16 bits per heavy atom. The van der Waals surface area contributed by atoms with Crippen molar-refractivity contribution in [3.8, 4) is 5.75 Å². The number of methoxy groups -OCH3 is 1. The number of benzene rings is 1. The molecule has 1 aromatic carbocycles. The molecule has 0 saturated carbocycles. The van der Waals surface area contributed by atoms with Crippen molar-refractivity contribution in [1.29, 1.82) is 0 Å². The summed E-state index contributed by atoms with van der Waals surface area (Å²) >= 11 is 0. The highest BCUT2D eigenvalue weighted by Gasteiger charge is 2.18. The lowest BCUT2D eigenvalue weighted by atomic mass is 10.1. The molecule has 106 valence electrons. The van der Waals surface area contributed by atoms with E-state index in [1.54, 1.807) is 7.11 Å². The van der Waals surface area contributed by atoms with Gasteiger partial charge >= 0.3 is 0 Å². The van der Waals surface area contributed by atoms with Crippen molar-refractivity contribution in [2.24, 2.45) is 0 Å². The second-order valence-electron chi connectivity index (χ2n) is 5.16. The van der Waals surface area contributed by atoms with Crippen LogP contribution in [-0.2, 0) is 4.74 Å². The summed E-state index contributed by atoms with van der Waals surface area (Å²) in [7, 11) is 3.83. The summed E-state index contributed by atoms with van der Waals surface area (Å²) in [6.45, 7) is 5.93. The molecule has 1 N–H and O–H groups in total. The number of rotatable bonds is 5. The van der Waals surface area contributed by atoms with E-state index in [1.807, 2.05) is 12.1 Å². The molecule has 0 spiro atoms. The molecule has 1 aromatic rings. The summed E-state index contributed by atoms with van der Waals surface area (Å²) in [4.78, 5) is 2.31. The number of hydrogen-bond acceptors (Lipinski definition) is 4. The van der Waals surface area contributed by atoms with E-state index in [0.29, 0.717) is 12.1 Å². The fourth-order valence-electron chi connectivity index (χ4n) is 2.31. The van der Waals surface area contributed by atoms with Gasteiger partial charge in [0.1, 0.15) is 5.75 Å². The molecule has 1 fully saturated rings. The Morgan fingerprint density at radius 3 is 2.79 bits per heavy atom. The monoisotopic (exact) mass is 264 g/mol. The minimum absolute atomic E-state index is 0.291. The lowest BCUT2D eigenvalue weighted by Crippen LogP contribution is -2.45. The third-order valence-electron chi connectivity index (χ3n) is 3.61. The molecule has 2 rings (SSSR count). The van der Waals surface area contributed by atoms with E-state index < -0.39 is 0 Å². The Labute approximate surface area is 115 Å². The van der Waals surface area contributed by atoms with Crippen LogP contribution in [0.2, 0.25) is 0 Å². The summed E-state index contributed by atoms with van der Waals surface area (Å²) in [6.07, 6.45) is 0.291. The zero-order chi connectivity index (χ0) is 13.7. The average molecular weight is 264 g/mol. The van der Waals surface area contributed by atoms with Crippen LogP contribution in [0.25, 0.3) is 0 Å². The van der Waals surface area contributed by atoms with Crippen molar-refractivity contribution in [2.45, 2.75) is 19.1 Å². The van der Waals surface area contributed by atoms with Gasteiger partial charge in [-0.3, -0.25) is 0 Å². The lowest BCUT2D eigenvalue weighted by molar-refractivity contribution is -0.0190. The summed E-state index contributed by atoms with van der Waals surface area (Å²) in [5.74, 6) is 0.896. The maximum absolute atomic E-state index is 5.75. The van der Waals surface area contributed by atoms with Gasteiger partial charge in [-0.25, -0.2) is 0 Å². The van der Waals surface area contributed by atoms with Gasteiger partial charge in [-0.15, -0.1) is 0 Å². The number of nitrogens with one attached hydrogen (secondary N) is 1. The first-order chi connectivity index (χ1) is 9.19. The van der Waals surface area contributed by atoms with E-state index in [1.165, 1.54) is 5.56 Å². The smallest absolute Gasteiger partial charge is 0.118 e. The number of hydrogen-bond donors (Lipinski definition) is 1. The average Bonchev–Trinajstić information content (AvgIpc) is 2.45. The van der Waals surface area contributed by atoms with Crippen LogP contribution in [0.5, 0.6) is 5.75 Å². The zero-order valence-corrected chi connectivity index (χ0v) is 12.1. The van der Waals surface area contributed by atoms with Crippen LogP contribution in [-0.4, -0.2) is 51.4 Å². The third kappa shape index (κ3) is 4.20. The van der Waals surface area contributed by atoms with Crippen molar-refractivity contribution in [3.63, 3.8) is 0 Å². The maximum Gasteiger partial charge on any atom is 0.118 e. The number of ether oxygens (including phenoxy) is 2. The third-order valence-corrected chi connectivity index (χ3v) is 3.61. The molecular weight excluding hydrogens is 240 g/mol. The van der Waals surface area contributed by atoms with E-state index in [-0.39, 0.29) is 0 Å². The Kier molecular flexibility index (Phi) is 5.19. The fraction of sp³-hybridized carbons (Fsp3) is 0.600. The number of likely N-dealkylation sites (N-methyl/N-ethyl adjacent to an activating group) is 1. The van der Waals surface area contributed by atoms with Crippen LogP contribution >= 0.6 is 0 Å². The Balaban J connectivity index is 1.81. The van der Waals surface area contributed by atoms with Gasteiger partial charge in [0, 0.05) is 25.7 Å². The van der Waals surface area contributed by atoms with Gasteiger partial charge in [0.15, 0.2) is 0 Å². The van der Waals surface area contributed by atoms with Gasteiger partial charge < -0.3 is 19.7 Å². The Morgan fingerprint density at radius 1 is 1.42 bits per heavy atom. The topological polar surface area (TPSA) is 33.7 Å². The van der Waals surface area contributed by atoms with E-state index in [9.17, 15) is 0 Å². The zero-order valence-electron chi connectivity index (χ0n) is 12.1. The molecule has 1 saturated heterocycles. The van der Waals surface area contributed by atoms with Gasteiger partial charge in [0.2, 0.25) is 0 Å². The highest BCUT2D eigenvalue weighted by molar-refractivity contribution is 5.28. The molecule has 1 aliphatic rings. The van der Waals surface area contributed by atoms with E-state index in [4.69, 9.17) is 9.47 Å². The summed E-state index contributed by atoms with van der Waals surface area (Å²) in [6, 6.07) is 8.52. The van der Waals surface area contributed by atoms with Crippen LogP contribution in [0.15, 0.2) is 24.3 Å². The molecule has 0 aromatic heterocycles. The molecule has 1 unspecified atom stereocenters. The van der Waals surface area contributed by atoms with Crippen molar-refractivity contribution >= 4 is 0 Å². The number of nitrogens with zero attached hydrogens (tertiary/aromatic N) is 1. The fourth-order valence-corrected chi connectivity index (χ4v) is 2.31. The van der Waals surface area contributed by atoms with Gasteiger partial charge in [0.05, 0.1) is 19.8 Å². The standard InChI is InChI=1S/C15H24N2O2/c1-12(13-4-6-14(18-3)7-5-13)16-10-15-11-17(2)8-9-19-15/h4-7,12,15-16H,8-11H2,1-3H3/t12-,15?/m1/s1. The first-order valence-electron chi connectivity index (χ1n) is 6.86. The van der Waals surface area contributed by atoms with E-state index in [0.717, 1.165) is 32.0 Å². The van der Waals surface area contributed by atoms with Gasteiger partial charge in [-0.1, -0.05) is 12.1 Å². The van der Waals surface area contributed by atoms with Gasteiger partial charge in [0.25, 0.3) is 0 Å². The highest BCUT2D eigenvalue weighted by Crippen LogP contribution is 2.17. The van der Waals surface area contributed by atoms with Gasteiger partial charge in [-0.05, 0) is 31.7 Å². The second kappa shape index (κ2) is 6.89. The van der Waals surface area contributed by atoms with Crippen molar-refractivity contribution < 1.29 is 9.47 Å². The minimum atomic E-state index is 0.291. The van der Waals surface area contributed by atoms with Crippen LogP contribution in [0.1, 0.15) is 18.5 Å². The molecule has 0 aliphatic carbocycles. The summed E-state index contributed by atoms with van der Waals surface area (Å²) in [5, 5.41) is 3.53. The first kappa shape index (κ1) is 14.3. The van der Waals surface area contributed by atoms with Crippen LogP contribution in [0.4, 0.5) is 0 Å². The first-order valence-corrected chi connectivity index (χ1v) is 6.86. The molecule has 0 radical (unpaired) electrons. The Bertz CT molecular complexity index is 380. The molecular formula is C15H24N2O2. The molecule has 1 aliphatic heterocycles. The molecule has 1 heterocycles. The van der Waals surface area contributed by atoms with Crippen molar-refractivity contribution in [3.05, 3.63) is 29.8 Å².